The highest BCUT2D eigenvalue weighted by molar-refractivity contribution is 14.1. The molecule has 0 aliphatic heterocycles. The Kier molecular flexibility index (Phi) is 3.30. The first-order valence-corrected chi connectivity index (χ1v) is 5.98. The van der Waals surface area contributed by atoms with Crippen LogP contribution in [0.2, 0.25) is 5.02 Å². The normalized spacial score (nSPS) is 10.9. The number of hydrogen-bond acceptors (Lipinski definition) is 2. The van der Waals surface area contributed by atoms with Gasteiger partial charge in [0.1, 0.15) is 3.70 Å². The van der Waals surface area contributed by atoms with E-state index in [1.807, 2.05) is 28.7 Å². The lowest BCUT2D eigenvalue weighted by Crippen LogP contribution is -2.05. The maximum atomic E-state index is 5.91. The van der Waals surface area contributed by atoms with Gasteiger partial charge in [0.25, 0.3) is 0 Å². The third-order valence-electron chi connectivity index (χ3n) is 2.20. The second-order valence-electron chi connectivity index (χ2n) is 3.23. The molecule has 0 atom stereocenters. The Labute approximate surface area is 106 Å². The molecule has 0 radical (unpaired) electrons. The van der Waals surface area contributed by atoms with Crippen molar-refractivity contribution in [1.82, 2.24) is 19.6 Å². The van der Waals surface area contributed by atoms with Crippen LogP contribution < -0.4 is 0 Å². The van der Waals surface area contributed by atoms with Gasteiger partial charge in [-0.3, -0.25) is 9.36 Å². The average Bonchev–Trinajstić information content (AvgIpc) is 2.72. The van der Waals surface area contributed by atoms with Crippen molar-refractivity contribution in [3.05, 3.63) is 32.9 Å². The molecule has 2 aromatic rings. The fraction of sp³-hybridized carbons (Fsp3) is 0.333. The van der Waals surface area contributed by atoms with Gasteiger partial charge in [0.2, 0.25) is 0 Å². The summed E-state index contributed by atoms with van der Waals surface area (Å²) in [6, 6.07) is 2.01. The van der Waals surface area contributed by atoms with Crippen molar-refractivity contribution in [3.8, 4) is 0 Å². The lowest BCUT2D eigenvalue weighted by molar-refractivity contribution is 0.583. The molecule has 0 unspecified atom stereocenters. The van der Waals surface area contributed by atoms with E-state index in [-0.39, 0.29) is 0 Å². The van der Waals surface area contributed by atoms with Crippen LogP contribution in [0.15, 0.2) is 18.5 Å². The highest BCUT2D eigenvalue weighted by Gasteiger charge is 2.04. The predicted octanol–water partition coefficient (Wildman–Crippen LogP) is 2.12. The van der Waals surface area contributed by atoms with Crippen LogP contribution in [-0.2, 0) is 20.0 Å². The number of rotatable bonds is 3. The fourth-order valence-electron chi connectivity index (χ4n) is 1.36. The van der Waals surface area contributed by atoms with Gasteiger partial charge in [0.05, 0.1) is 5.02 Å². The lowest BCUT2D eigenvalue weighted by atomic mass is 10.3. The highest BCUT2D eigenvalue weighted by atomic mass is 127. The Hall–Kier alpha value is -0.560. The molecule has 0 aliphatic carbocycles. The zero-order valence-corrected chi connectivity index (χ0v) is 11.1. The summed E-state index contributed by atoms with van der Waals surface area (Å²) in [5.41, 5.74) is 1.19. The van der Waals surface area contributed by atoms with Gasteiger partial charge in [-0.05, 0) is 28.7 Å². The molecule has 0 saturated carbocycles. The summed E-state index contributed by atoms with van der Waals surface area (Å²) < 4.78 is 4.58. The molecule has 0 saturated heterocycles. The van der Waals surface area contributed by atoms with Gasteiger partial charge in [-0.1, -0.05) is 11.6 Å². The third kappa shape index (κ3) is 2.52. The van der Waals surface area contributed by atoms with Crippen LogP contribution in [-0.4, -0.2) is 19.6 Å². The SMILES string of the molecule is Cn1nccc1CCn1cc(Cl)c(I)n1. The molecule has 0 bridgehead atoms. The van der Waals surface area contributed by atoms with Crippen LogP contribution in [0, 0.1) is 3.70 Å². The number of nitrogens with zero attached hydrogens (tertiary/aromatic N) is 4. The van der Waals surface area contributed by atoms with E-state index in [0.29, 0.717) is 5.02 Å². The van der Waals surface area contributed by atoms with Gasteiger partial charge in [-0.15, -0.1) is 0 Å². The Balaban J connectivity index is 2.02. The Bertz CT molecular complexity index is 443. The quantitative estimate of drug-likeness (QED) is 0.805. The van der Waals surface area contributed by atoms with Crippen molar-refractivity contribution in [2.45, 2.75) is 13.0 Å². The van der Waals surface area contributed by atoms with Gasteiger partial charge < -0.3 is 0 Å². The number of aromatic nitrogens is 4. The van der Waals surface area contributed by atoms with Crippen molar-refractivity contribution in [3.63, 3.8) is 0 Å². The molecule has 2 heterocycles. The molecule has 80 valence electrons. The van der Waals surface area contributed by atoms with Crippen molar-refractivity contribution in [2.24, 2.45) is 7.05 Å². The molecule has 0 amide bonds. The Morgan fingerprint density at radius 3 is 2.87 bits per heavy atom. The summed E-state index contributed by atoms with van der Waals surface area (Å²) in [4.78, 5) is 0. The van der Waals surface area contributed by atoms with Crippen molar-refractivity contribution in [1.29, 1.82) is 0 Å². The molecule has 2 rings (SSSR count). The third-order valence-corrected chi connectivity index (χ3v) is 3.59. The molecule has 0 aromatic carbocycles. The summed E-state index contributed by atoms with van der Waals surface area (Å²) in [6.45, 7) is 0.822. The molecule has 0 aliphatic rings. The summed E-state index contributed by atoms with van der Waals surface area (Å²) in [5, 5.41) is 9.10. The smallest absolute Gasteiger partial charge is 0.141 e. The molecular weight excluding hydrogens is 326 g/mol. The standard InChI is InChI=1S/C9H10ClIN4/c1-14-7(2-4-12-14)3-5-15-6-8(10)9(11)13-15/h2,4,6H,3,5H2,1H3. The summed E-state index contributed by atoms with van der Waals surface area (Å²) in [6.07, 6.45) is 4.56. The van der Waals surface area contributed by atoms with Crippen molar-refractivity contribution in [2.75, 3.05) is 0 Å². The highest BCUT2D eigenvalue weighted by Crippen LogP contribution is 2.15. The molecule has 4 nitrogen and oxygen atoms in total. The zero-order chi connectivity index (χ0) is 10.8. The molecule has 6 heteroatoms. The maximum Gasteiger partial charge on any atom is 0.141 e. The van der Waals surface area contributed by atoms with Gasteiger partial charge in [-0.2, -0.15) is 10.2 Å². The van der Waals surface area contributed by atoms with E-state index in [1.165, 1.54) is 5.69 Å². The molecular formula is C9H10ClIN4. The largest absolute Gasteiger partial charge is 0.273 e. The maximum absolute atomic E-state index is 5.91. The second kappa shape index (κ2) is 4.52. The summed E-state index contributed by atoms with van der Waals surface area (Å²) in [7, 11) is 1.94. The first-order chi connectivity index (χ1) is 7.16. The molecule has 2 aromatic heterocycles. The van der Waals surface area contributed by atoms with E-state index >= 15 is 0 Å². The van der Waals surface area contributed by atoms with E-state index in [2.05, 4.69) is 32.8 Å². The molecule has 0 spiro atoms. The van der Waals surface area contributed by atoms with E-state index in [1.54, 1.807) is 6.20 Å². The zero-order valence-electron chi connectivity index (χ0n) is 8.19. The molecule has 15 heavy (non-hydrogen) atoms. The van der Waals surface area contributed by atoms with Gasteiger partial charge >= 0.3 is 0 Å². The van der Waals surface area contributed by atoms with E-state index in [9.17, 15) is 0 Å². The van der Waals surface area contributed by atoms with E-state index in [0.717, 1.165) is 16.7 Å². The van der Waals surface area contributed by atoms with Gasteiger partial charge in [0, 0.05) is 38.1 Å². The van der Waals surface area contributed by atoms with Crippen LogP contribution in [0.5, 0.6) is 0 Å². The topological polar surface area (TPSA) is 35.6 Å². The summed E-state index contributed by atoms with van der Waals surface area (Å²) in [5.74, 6) is 0. The second-order valence-corrected chi connectivity index (χ2v) is 4.66. The van der Waals surface area contributed by atoms with Crippen LogP contribution in [0.25, 0.3) is 0 Å². The first-order valence-electron chi connectivity index (χ1n) is 4.52. The Morgan fingerprint density at radius 1 is 1.53 bits per heavy atom. The van der Waals surface area contributed by atoms with E-state index < -0.39 is 0 Å². The fourth-order valence-corrected chi connectivity index (χ4v) is 1.93. The average molecular weight is 337 g/mol. The number of hydrogen-bond donors (Lipinski definition) is 0. The van der Waals surface area contributed by atoms with Crippen LogP contribution in [0.4, 0.5) is 0 Å². The van der Waals surface area contributed by atoms with Crippen molar-refractivity contribution >= 4 is 34.2 Å². The van der Waals surface area contributed by atoms with Crippen LogP contribution in [0.1, 0.15) is 5.69 Å². The van der Waals surface area contributed by atoms with Gasteiger partial charge in [-0.25, -0.2) is 0 Å². The van der Waals surface area contributed by atoms with E-state index in [4.69, 9.17) is 11.6 Å². The molecule has 0 N–H and O–H groups in total. The lowest BCUT2D eigenvalue weighted by Gasteiger charge is -2.01. The van der Waals surface area contributed by atoms with Gasteiger partial charge in [0.15, 0.2) is 0 Å². The van der Waals surface area contributed by atoms with Crippen molar-refractivity contribution < 1.29 is 0 Å². The Morgan fingerprint density at radius 2 is 2.33 bits per heavy atom. The monoisotopic (exact) mass is 336 g/mol. The molecule has 0 fully saturated rings. The first kappa shape index (κ1) is 10.9. The minimum absolute atomic E-state index is 0.709. The van der Waals surface area contributed by atoms with Crippen LogP contribution in [0.3, 0.4) is 0 Å². The minimum Gasteiger partial charge on any atom is -0.273 e. The van der Waals surface area contributed by atoms with Crippen LogP contribution >= 0.6 is 34.2 Å². The summed E-state index contributed by atoms with van der Waals surface area (Å²) >= 11 is 8.04. The minimum atomic E-state index is 0.709. The number of halogens is 2. The predicted molar refractivity (Wildman–Crippen MR) is 66.9 cm³/mol. The number of aryl methyl sites for hydroxylation is 3.